The van der Waals surface area contributed by atoms with Crippen molar-refractivity contribution in [1.29, 1.82) is 0 Å². The highest BCUT2D eigenvalue weighted by Crippen LogP contribution is 2.29. The summed E-state index contributed by atoms with van der Waals surface area (Å²) in [7, 11) is 0. The molecule has 3 rings (SSSR count). The molecule has 0 saturated heterocycles. The average Bonchev–Trinajstić information content (AvgIpc) is 3.24. The van der Waals surface area contributed by atoms with E-state index in [0.29, 0.717) is 20.8 Å². The van der Waals surface area contributed by atoms with Crippen LogP contribution in [-0.4, -0.2) is 28.0 Å². The Kier molecular flexibility index (Phi) is 5.48. The van der Waals surface area contributed by atoms with Crippen LogP contribution in [0, 0.1) is 0 Å². The van der Waals surface area contributed by atoms with Crippen LogP contribution in [0.15, 0.2) is 28.6 Å². The lowest BCUT2D eigenvalue weighted by Gasteiger charge is -2.07. The fourth-order valence-electron chi connectivity index (χ4n) is 2.38. The number of carbonyl (C=O) groups excluding carboxylic acids is 2. The van der Waals surface area contributed by atoms with Crippen molar-refractivity contribution in [2.24, 2.45) is 0 Å². The number of rotatable bonds is 6. The molecule has 0 spiro atoms. The highest BCUT2D eigenvalue weighted by molar-refractivity contribution is 7.17. The van der Waals surface area contributed by atoms with Gasteiger partial charge in [-0.15, -0.1) is 22.7 Å². The maximum atomic E-state index is 12.4. The van der Waals surface area contributed by atoms with Gasteiger partial charge in [0.05, 0.1) is 24.0 Å². The number of nitrogens with one attached hydrogen (secondary N) is 1. The highest BCUT2D eigenvalue weighted by atomic mass is 32.1. The Hall–Kier alpha value is -2.52. The van der Waals surface area contributed by atoms with E-state index in [1.807, 2.05) is 6.92 Å². The van der Waals surface area contributed by atoms with Crippen LogP contribution in [0.3, 0.4) is 0 Å². The van der Waals surface area contributed by atoms with Crippen LogP contribution in [0.4, 0.5) is 5.00 Å². The maximum Gasteiger partial charge on any atom is 0.341 e. The Bertz CT molecular complexity index is 1020. The Morgan fingerprint density at radius 3 is 2.88 bits per heavy atom. The number of esters is 1. The summed E-state index contributed by atoms with van der Waals surface area (Å²) in [5, 5.41) is 4.94. The van der Waals surface area contributed by atoms with Crippen molar-refractivity contribution in [1.82, 2.24) is 9.55 Å². The van der Waals surface area contributed by atoms with Gasteiger partial charge < -0.3 is 10.1 Å². The molecule has 3 aromatic heterocycles. The zero-order valence-corrected chi connectivity index (χ0v) is 15.9. The number of aryl methyl sites for hydroxylation is 1. The number of anilines is 1. The predicted octanol–water partition coefficient (Wildman–Crippen LogP) is 2.90. The minimum Gasteiger partial charge on any atom is -0.462 e. The van der Waals surface area contributed by atoms with Crippen molar-refractivity contribution in [2.45, 2.75) is 26.8 Å². The van der Waals surface area contributed by atoms with E-state index in [9.17, 15) is 14.4 Å². The molecule has 0 bridgehead atoms. The summed E-state index contributed by atoms with van der Waals surface area (Å²) >= 11 is 2.62. The Labute approximate surface area is 157 Å². The van der Waals surface area contributed by atoms with E-state index in [-0.39, 0.29) is 18.7 Å². The van der Waals surface area contributed by atoms with Crippen LogP contribution < -0.4 is 10.9 Å². The summed E-state index contributed by atoms with van der Waals surface area (Å²) in [6.45, 7) is 3.77. The van der Waals surface area contributed by atoms with Crippen LogP contribution in [0.25, 0.3) is 10.2 Å². The van der Waals surface area contributed by atoms with Gasteiger partial charge in [-0.1, -0.05) is 6.92 Å². The lowest BCUT2D eigenvalue weighted by Crippen LogP contribution is -2.27. The van der Waals surface area contributed by atoms with E-state index in [1.165, 1.54) is 33.6 Å². The molecule has 0 aliphatic heterocycles. The van der Waals surface area contributed by atoms with Gasteiger partial charge in [0.25, 0.3) is 5.56 Å². The summed E-state index contributed by atoms with van der Waals surface area (Å²) < 4.78 is 6.80. The third kappa shape index (κ3) is 3.68. The molecule has 0 atom stereocenters. The van der Waals surface area contributed by atoms with E-state index < -0.39 is 11.9 Å². The minimum atomic E-state index is -0.474. The summed E-state index contributed by atoms with van der Waals surface area (Å²) in [5.41, 5.74) is 0.694. The molecule has 136 valence electrons. The first kappa shape index (κ1) is 18.3. The maximum absolute atomic E-state index is 12.4. The highest BCUT2D eigenvalue weighted by Gasteiger charge is 2.19. The minimum absolute atomic E-state index is 0.179. The number of aromatic nitrogens is 2. The van der Waals surface area contributed by atoms with Crippen LogP contribution >= 0.6 is 22.7 Å². The average molecular weight is 391 g/mol. The molecular weight excluding hydrogens is 374 g/mol. The second-order valence-corrected chi connectivity index (χ2v) is 7.44. The molecule has 1 amide bonds. The first-order valence-corrected chi connectivity index (χ1v) is 9.75. The van der Waals surface area contributed by atoms with Gasteiger partial charge in [0.15, 0.2) is 0 Å². The summed E-state index contributed by atoms with van der Waals surface area (Å²) in [5.74, 6) is -0.877. The van der Waals surface area contributed by atoms with Crippen LogP contribution in [0.5, 0.6) is 0 Å². The zero-order valence-electron chi connectivity index (χ0n) is 14.3. The first-order chi connectivity index (χ1) is 12.5. The van der Waals surface area contributed by atoms with Gasteiger partial charge in [0.2, 0.25) is 5.91 Å². The monoisotopic (exact) mass is 391 g/mol. The Morgan fingerprint density at radius 2 is 2.15 bits per heavy atom. The SMILES string of the molecule is CCOC(=O)c1cc(CC)sc1NC(=O)Cn1cnc2ccsc2c1=O. The van der Waals surface area contributed by atoms with Gasteiger partial charge in [-0.25, -0.2) is 9.78 Å². The largest absolute Gasteiger partial charge is 0.462 e. The number of ether oxygens (including phenoxy) is 1. The van der Waals surface area contributed by atoms with Crippen LogP contribution in [0.2, 0.25) is 0 Å². The summed E-state index contributed by atoms with van der Waals surface area (Å²) in [4.78, 5) is 42.0. The van der Waals surface area contributed by atoms with Crippen molar-refractivity contribution in [3.05, 3.63) is 44.6 Å². The molecule has 0 unspecified atom stereocenters. The molecule has 0 saturated carbocycles. The molecule has 0 aliphatic carbocycles. The third-order valence-electron chi connectivity index (χ3n) is 3.63. The van der Waals surface area contributed by atoms with Crippen LogP contribution in [0.1, 0.15) is 29.1 Å². The van der Waals surface area contributed by atoms with E-state index >= 15 is 0 Å². The molecule has 0 aromatic carbocycles. The molecule has 1 N–H and O–H groups in total. The smallest absolute Gasteiger partial charge is 0.341 e. The fourth-order valence-corrected chi connectivity index (χ4v) is 4.18. The van der Waals surface area contributed by atoms with Crippen molar-refractivity contribution in [3.8, 4) is 0 Å². The zero-order chi connectivity index (χ0) is 18.7. The van der Waals surface area contributed by atoms with E-state index in [4.69, 9.17) is 4.74 Å². The van der Waals surface area contributed by atoms with E-state index in [1.54, 1.807) is 24.4 Å². The molecular formula is C17H17N3O4S2. The molecule has 9 heteroatoms. The number of hydrogen-bond donors (Lipinski definition) is 1. The number of fused-ring (bicyclic) bond motifs is 1. The lowest BCUT2D eigenvalue weighted by atomic mass is 10.2. The summed E-state index contributed by atoms with van der Waals surface area (Å²) in [6, 6.07) is 3.49. The predicted molar refractivity (Wildman–Crippen MR) is 102 cm³/mol. The van der Waals surface area contributed by atoms with Gasteiger partial charge in [0, 0.05) is 4.88 Å². The van der Waals surface area contributed by atoms with Crippen LogP contribution in [-0.2, 0) is 22.5 Å². The number of amides is 1. The molecule has 7 nitrogen and oxygen atoms in total. The number of thiophene rings is 2. The van der Waals surface area contributed by atoms with Gasteiger partial charge in [0.1, 0.15) is 16.2 Å². The molecule has 0 fully saturated rings. The lowest BCUT2D eigenvalue weighted by molar-refractivity contribution is -0.116. The quantitative estimate of drug-likeness (QED) is 0.653. The standard InChI is InChI=1S/C17H17N3O4S2/c1-3-10-7-11(17(23)24-4-2)15(26-10)19-13(21)8-20-9-18-12-5-6-25-14(12)16(20)22/h5-7,9H,3-4,8H2,1-2H3,(H,19,21). The molecule has 3 aromatic rings. The van der Waals surface area contributed by atoms with Gasteiger partial charge >= 0.3 is 5.97 Å². The van der Waals surface area contributed by atoms with Gasteiger partial charge in [-0.2, -0.15) is 0 Å². The second-order valence-electron chi connectivity index (χ2n) is 5.39. The van der Waals surface area contributed by atoms with Gasteiger partial charge in [-0.3, -0.25) is 14.2 Å². The normalized spacial score (nSPS) is 10.8. The van der Waals surface area contributed by atoms with E-state index in [2.05, 4.69) is 10.3 Å². The van der Waals surface area contributed by atoms with Crippen molar-refractivity contribution < 1.29 is 14.3 Å². The van der Waals surface area contributed by atoms with Gasteiger partial charge in [-0.05, 0) is 30.9 Å². The number of hydrogen-bond acceptors (Lipinski definition) is 7. The molecule has 0 radical (unpaired) electrons. The fraction of sp³-hybridized carbons (Fsp3) is 0.294. The molecule has 0 aliphatic rings. The topological polar surface area (TPSA) is 90.3 Å². The molecule has 3 heterocycles. The van der Waals surface area contributed by atoms with Crippen molar-refractivity contribution in [2.75, 3.05) is 11.9 Å². The first-order valence-electron chi connectivity index (χ1n) is 8.05. The third-order valence-corrected chi connectivity index (χ3v) is 5.72. The molecule has 26 heavy (non-hydrogen) atoms. The second kappa shape index (κ2) is 7.79. The Morgan fingerprint density at radius 1 is 1.35 bits per heavy atom. The summed E-state index contributed by atoms with van der Waals surface area (Å²) in [6.07, 6.45) is 2.10. The van der Waals surface area contributed by atoms with E-state index in [0.717, 1.165) is 11.3 Å². The number of carbonyl (C=O) groups is 2. The van der Waals surface area contributed by atoms with Crippen molar-refractivity contribution in [3.63, 3.8) is 0 Å². The number of nitrogens with zero attached hydrogens (tertiary/aromatic N) is 2. The Balaban J connectivity index is 1.81. The van der Waals surface area contributed by atoms with Crippen molar-refractivity contribution >= 4 is 49.8 Å².